The fraction of sp³-hybridized carbons (Fsp3) is 0.806. The summed E-state index contributed by atoms with van der Waals surface area (Å²) in [6.45, 7) is 9.71. The molecule has 0 amide bonds. The maximum absolute atomic E-state index is 11.2. The Bertz CT molecular complexity index is 813. The van der Waals surface area contributed by atoms with Crippen molar-refractivity contribution in [3.8, 4) is 0 Å². The van der Waals surface area contributed by atoms with Gasteiger partial charge < -0.3 is 15.5 Å². The van der Waals surface area contributed by atoms with Crippen molar-refractivity contribution in [3.05, 3.63) is 35.9 Å². The number of aliphatic hydroxyl groups is 2. The lowest BCUT2D eigenvalue weighted by Gasteiger charge is -2.62. The van der Waals surface area contributed by atoms with E-state index in [0.717, 1.165) is 62.4 Å². The second-order valence-corrected chi connectivity index (χ2v) is 13.2. The first kappa shape index (κ1) is 24.8. The van der Waals surface area contributed by atoms with Crippen LogP contribution in [0.4, 0.5) is 0 Å². The van der Waals surface area contributed by atoms with Gasteiger partial charge in [0, 0.05) is 6.54 Å². The summed E-state index contributed by atoms with van der Waals surface area (Å²) in [4.78, 5) is 0. The number of nitrogens with one attached hydrogen (secondary N) is 1. The van der Waals surface area contributed by atoms with Crippen LogP contribution in [-0.2, 0) is 6.54 Å². The first-order valence-electron chi connectivity index (χ1n) is 14.4. The lowest BCUT2D eigenvalue weighted by Crippen LogP contribution is -2.58. The van der Waals surface area contributed by atoms with Gasteiger partial charge in [-0.2, -0.15) is 0 Å². The summed E-state index contributed by atoms with van der Waals surface area (Å²) in [6.07, 6.45) is 11.5. The Hall–Kier alpha value is -0.900. The van der Waals surface area contributed by atoms with E-state index in [4.69, 9.17) is 0 Å². The fourth-order valence-electron chi connectivity index (χ4n) is 9.83. The molecule has 0 aliphatic heterocycles. The molecule has 0 heterocycles. The summed E-state index contributed by atoms with van der Waals surface area (Å²) in [6, 6.07) is 10.7. The molecule has 4 fully saturated rings. The van der Waals surface area contributed by atoms with Gasteiger partial charge in [0.05, 0.1) is 12.2 Å². The first-order valence-corrected chi connectivity index (χ1v) is 14.4. The van der Waals surface area contributed by atoms with Gasteiger partial charge in [0.25, 0.3) is 0 Å². The smallest absolute Gasteiger partial charge is 0.0577 e. The van der Waals surface area contributed by atoms with E-state index in [1.54, 1.807) is 0 Å². The van der Waals surface area contributed by atoms with Gasteiger partial charge in [-0.3, -0.25) is 0 Å². The number of aliphatic hydroxyl groups excluding tert-OH is 2. The van der Waals surface area contributed by atoms with Crippen LogP contribution in [0.2, 0.25) is 0 Å². The molecule has 190 valence electrons. The van der Waals surface area contributed by atoms with Gasteiger partial charge in [0.2, 0.25) is 0 Å². The van der Waals surface area contributed by atoms with Crippen molar-refractivity contribution in [1.82, 2.24) is 5.32 Å². The van der Waals surface area contributed by atoms with Crippen molar-refractivity contribution in [3.63, 3.8) is 0 Å². The molecule has 34 heavy (non-hydrogen) atoms. The normalized spacial score (nSPS) is 44.7. The molecule has 1 aromatic rings. The van der Waals surface area contributed by atoms with Gasteiger partial charge in [0.1, 0.15) is 0 Å². The largest absolute Gasteiger partial charge is 0.393 e. The summed E-state index contributed by atoms with van der Waals surface area (Å²) in [5.74, 6) is 4.16. The molecule has 0 radical (unpaired) electrons. The van der Waals surface area contributed by atoms with E-state index in [1.165, 1.54) is 44.1 Å². The number of rotatable bonds is 7. The molecule has 3 heteroatoms. The second-order valence-electron chi connectivity index (χ2n) is 13.2. The standard InChI is InChI=1S/C31H49NO2/c1-21(8-7-17-32-20-22-9-5-4-6-10-22)25-11-12-26-24-19-29(34)28-18-23(33)13-15-31(28,3)27(24)14-16-30(25,26)2/h4-6,9-10,21,23-29,32-34H,7-8,11-20H2,1-3H3. The maximum atomic E-state index is 11.2. The van der Waals surface area contributed by atoms with E-state index in [2.05, 4.69) is 56.4 Å². The molecule has 10 unspecified atom stereocenters. The molecule has 10 atom stereocenters. The lowest BCUT2D eigenvalue weighted by atomic mass is 9.44. The van der Waals surface area contributed by atoms with E-state index in [0.29, 0.717) is 17.3 Å². The van der Waals surface area contributed by atoms with Crippen LogP contribution in [0.1, 0.15) is 90.5 Å². The SMILES string of the molecule is CC(CCCNCc1ccccc1)C1CCC2C3CC(O)C4CC(O)CCC4(C)C3CCC12C. The van der Waals surface area contributed by atoms with Crippen molar-refractivity contribution in [1.29, 1.82) is 0 Å². The molecule has 4 aliphatic carbocycles. The summed E-state index contributed by atoms with van der Waals surface area (Å²) in [7, 11) is 0. The van der Waals surface area contributed by atoms with Crippen molar-refractivity contribution in [2.24, 2.45) is 46.3 Å². The summed E-state index contributed by atoms with van der Waals surface area (Å²) >= 11 is 0. The topological polar surface area (TPSA) is 52.5 Å². The Kier molecular flexibility index (Phi) is 7.19. The monoisotopic (exact) mass is 467 g/mol. The van der Waals surface area contributed by atoms with Crippen LogP contribution < -0.4 is 5.32 Å². The highest BCUT2D eigenvalue weighted by Gasteiger charge is 2.62. The number of fused-ring (bicyclic) bond motifs is 5. The molecule has 4 aliphatic rings. The highest BCUT2D eigenvalue weighted by atomic mass is 16.3. The molecule has 1 aromatic carbocycles. The molecule has 5 rings (SSSR count). The summed E-state index contributed by atoms with van der Waals surface area (Å²) in [5.41, 5.74) is 2.06. The minimum absolute atomic E-state index is 0.197. The van der Waals surface area contributed by atoms with Crippen molar-refractivity contribution in [2.75, 3.05) is 6.54 Å². The third kappa shape index (κ3) is 4.39. The third-order valence-corrected chi connectivity index (χ3v) is 11.6. The molecule has 3 nitrogen and oxygen atoms in total. The lowest BCUT2D eigenvalue weighted by molar-refractivity contribution is -0.172. The van der Waals surface area contributed by atoms with E-state index in [1.807, 2.05) is 0 Å². The Labute approximate surface area is 208 Å². The van der Waals surface area contributed by atoms with Crippen molar-refractivity contribution < 1.29 is 10.2 Å². The van der Waals surface area contributed by atoms with Gasteiger partial charge >= 0.3 is 0 Å². The van der Waals surface area contributed by atoms with Crippen molar-refractivity contribution >= 4 is 0 Å². The maximum Gasteiger partial charge on any atom is 0.0577 e. The average Bonchev–Trinajstić information content (AvgIpc) is 3.18. The zero-order valence-electron chi connectivity index (χ0n) is 21.9. The molecular weight excluding hydrogens is 418 g/mol. The van der Waals surface area contributed by atoms with Crippen LogP contribution in [0.25, 0.3) is 0 Å². The quantitative estimate of drug-likeness (QED) is 0.420. The predicted octanol–water partition coefficient (Wildman–Crippen LogP) is 6.18. The Morgan fingerprint density at radius 3 is 2.44 bits per heavy atom. The van der Waals surface area contributed by atoms with Crippen LogP contribution in [-0.4, -0.2) is 29.0 Å². The molecule has 3 N–H and O–H groups in total. The number of benzene rings is 1. The Morgan fingerprint density at radius 2 is 1.65 bits per heavy atom. The number of hydrogen-bond donors (Lipinski definition) is 3. The highest BCUT2D eigenvalue weighted by molar-refractivity contribution is 5.14. The molecule has 0 bridgehead atoms. The third-order valence-electron chi connectivity index (χ3n) is 11.6. The summed E-state index contributed by atoms with van der Waals surface area (Å²) in [5, 5.41) is 25.2. The number of hydrogen-bond acceptors (Lipinski definition) is 3. The molecule has 0 saturated heterocycles. The van der Waals surface area contributed by atoms with Gasteiger partial charge in [-0.15, -0.1) is 0 Å². The van der Waals surface area contributed by atoms with E-state index in [-0.39, 0.29) is 17.6 Å². The minimum atomic E-state index is -0.212. The van der Waals surface area contributed by atoms with Gasteiger partial charge in [-0.25, -0.2) is 0 Å². The van der Waals surface area contributed by atoms with E-state index < -0.39 is 0 Å². The van der Waals surface area contributed by atoms with Crippen LogP contribution in [0, 0.1) is 46.3 Å². The predicted molar refractivity (Wildman–Crippen MR) is 139 cm³/mol. The van der Waals surface area contributed by atoms with Crippen LogP contribution in [0.15, 0.2) is 30.3 Å². The zero-order chi connectivity index (χ0) is 23.9. The molecule has 0 aromatic heterocycles. The Balaban J connectivity index is 1.18. The van der Waals surface area contributed by atoms with E-state index in [9.17, 15) is 10.2 Å². The molecular formula is C31H49NO2. The molecule has 4 saturated carbocycles. The highest BCUT2D eigenvalue weighted by Crippen LogP contribution is 2.68. The molecule has 0 spiro atoms. The van der Waals surface area contributed by atoms with Gasteiger partial charge in [-0.1, -0.05) is 51.1 Å². The van der Waals surface area contributed by atoms with Crippen LogP contribution in [0.3, 0.4) is 0 Å². The average molecular weight is 468 g/mol. The van der Waals surface area contributed by atoms with Crippen LogP contribution in [0.5, 0.6) is 0 Å². The summed E-state index contributed by atoms with van der Waals surface area (Å²) < 4.78 is 0. The minimum Gasteiger partial charge on any atom is -0.393 e. The zero-order valence-corrected chi connectivity index (χ0v) is 21.9. The van der Waals surface area contributed by atoms with Gasteiger partial charge in [0.15, 0.2) is 0 Å². The fourth-order valence-corrected chi connectivity index (χ4v) is 9.83. The van der Waals surface area contributed by atoms with Gasteiger partial charge in [-0.05, 0) is 123 Å². The second kappa shape index (κ2) is 9.87. The Morgan fingerprint density at radius 1 is 0.912 bits per heavy atom. The van der Waals surface area contributed by atoms with Crippen molar-refractivity contribution in [2.45, 2.75) is 104 Å². The van der Waals surface area contributed by atoms with Crippen LogP contribution >= 0.6 is 0 Å². The first-order chi connectivity index (χ1) is 16.3. The van der Waals surface area contributed by atoms with E-state index >= 15 is 0 Å².